The van der Waals surface area contributed by atoms with E-state index >= 15 is 0 Å². The Balaban J connectivity index is 2.08. The first-order chi connectivity index (χ1) is 10.4. The van der Waals surface area contributed by atoms with E-state index in [2.05, 4.69) is 4.98 Å². The highest BCUT2D eigenvalue weighted by molar-refractivity contribution is 5.76. The quantitative estimate of drug-likeness (QED) is 0.658. The first-order valence-corrected chi connectivity index (χ1v) is 6.92. The summed E-state index contributed by atoms with van der Waals surface area (Å²) < 4.78 is 5.89. The van der Waals surface area contributed by atoms with E-state index in [1.165, 1.54) is 0 Å². The van der Waals surface area contributed by atoms with Gasteiger partial charge < -0.3 is 9.21 Å². The molecule has 3 rings (SSSR count). The molecule has 104 valence electrons. The minimum atomic E-state index is 0.420. The van der Waals surface area contributed by atoms with Crippen molar-refractivity contribution in [1.29, 1.82) is 0 Å². The van der Waals surface area contributed by atoms with E-state index in [0.29, 0.717) is 18.7 Å². The highest BCUT2D eigenvalue weighted by Gasteiger charge is 2.16. The summed E-state index contributed by atoms with van der Waals surface area (Å²) in [6, 6.07) is 19.8. The number of hydrogen-bond acceptors (Lipinski definition) is 3. The third-order valence-corrected chi connectivity index (χ3v) is 3.23. The lowest BCUT2D eigenvalue weighted by atomic mass is 10.1. The monoisotopic (exact) mass is 277 g/mol. The highest BCUT2D eigenvalue weighted by atomic mass is 16.4. The van der Waals surface area contributed by atoms with E-state index in [1.807, 2.05) is 60.7 Å². The molecule has 0 aliphatic heterocycles. The van der Waals surface area contributed by atoms with Crippen molar-refractivity contribution in [1.82, 2.24) is 4.98 Å². The van der Waals surface area contributed by atoms with Gasteiger partial charge in [-0.25, -0.2) is 4.98 Å². The Morgan fingerprint density at radius 3 is 2.14 bits per heavy atom. The Kier molecular flexibility index (Phi) is 3.92. The van der Waals surface area contributed by atoms with Gasteiger partial charge in [0.1, 0.15) is 12.0 Å². The van der Waals surface area contributed by atoms with Crippen LogP contribution in [0, 0.1) is 0 Å². The molecule has 0 spiro atoms. The zero-order valence-corrected chi connectivity index (χ0v) is 11.5. The van der Waals surface area contributed by atoms with Crippen molar-refractivity contribution in [2.24, 2.45) is 0 Å². The van der Waals surface area contributed by atoms with Crippen molar-refractivity contribution in [2.45, 2.75) is 12.8 Å². The summed E-state index contributed by atoms with van der Waals surface area (Å²) in [4.78, 5) is 15.1. The van der Waals surface area contributed by atoms with Crippen LogP contribution in [0.3, 0.4) is 0 Å². The maximum atomic E-state index is 10.5. The molecule has 0 saturated carbocycles. The third-order valence-electron chi connectivity index (χ3n) is 3.23. The van der Waals surface area contributed by atoms with E-state index in [9.17, 15) is 4.79 Å². The minimum absolute atomic E-state index is 0.420. The normalized spacial score (nSPS) is 10.5. The fourth-order valence-electron chi connectivity index (χ4n) is 2.23. The van der Waals surface area contributed by atoms with E-state index in [0.717, 1.165) is 28.9 Å². The average Bonchev–Trinajstić information content (AvgIpc) is 2.99. The lowest BCUT2D eigenvalue weighted by molar-refractivity contribution is -0.107. The predicted molar refractivity (Wildman–Crippen MR) is 81.8 cm³/mol. The number of rotatable bonds is 5. The molecule has 0 aliphatic carbocycles. The second kappa shape index (κ2) is 6.18. The molecule has 1 aromatic heterocycles. The number of benzene rings is 2. The van der Waals surface area contributed by atoms with Crippen LogP contribution >= 0.6 is 0 Å². The number of aromatic nitrogens is 1. The second-order valence-corrected chi connectivity index (χ2v) is 4.72. The second-order valence-electron chi connectivity index (χ2n) is 4.72. The number of aldehydes is 1. The molecule has 2 aromatic carbocycles. The van der Waals surface area contributed by atoms with E-state index in [-0.39, 0.29) is 0 Å². The average molecular weight is 277 g/mol. The largest absolute Gasteiger partial charge is 0.440 e. The van der Waals surface area contributed by atoms with Crippen LogP contribution in [-0.2, 0) is 11.2 Å². The SMILES string of the molecule is O=CCCc1nc(-c2ccccc2)c(-c2ccccc2)o1. The lowest BCUT2D eigenvalue weighted by Gasteiger charge is -2.00. The standard InChI is InChI=1S/C18H15NO2/c20-13-7-12-16-19-17(14-8-3-1-4-9-14)18(21-16)15-10-5-2-6-11-15/h1-6,8-11,13H,7,12H2. The van der Waals surface area contributed by atoms with Gasteiger partial charge in [-0.1, -0.05) is 60.7 Å². The first kappa shape index (κ1) is 13.3. The maximum Gasteiger partial charge on any atom is 0.195 e. The Morgan fingerprint density at radius 2 is 1.52 bits per heavy atom. The van der Waals surface area contributed by atoms with Crippen LogP contribution in [0.2, 0.25) is 0 Å². The minimum Gasteiger partial charge on any atom is -0.440 e. The Hall–Kier alpha value is -2.68. The molecule has 21 heavy (non-hydrogen) atoms. The van der Waals surface area contributed by atoms with Gasteiger partial charge in [-0.3, -0.25) is 0 Å². The van der Waals surface area contributed by atoms with Crippen LogP contribution in [0.4, 0.5) is 0 Å². The van der Waals surface area contributed by atoms with Crippen molar-refractivity contribution >= 4 is 6.29 Å². The molecule has 0 atom stereocenters. The van der Waals surface area contributed by atoms with Gasteiger partial charge in [0.2, 0.25) is 0 Å². The van der Waals surface area contributed by atoms with Crippen molar-refractivity contribution in [3.05, 3.63) is 66.6 Å². The molecule has 0 N–H and O–H groups in total. The van der Waals surface area contributed by atoms with Gasteiger partial charge in [-0.15, -0.1) is 0 Å². The van der Waals surface area contributed by atoms with Crippen LogP contribution in [0.15, 0.2) is 65.1 Å². The van der Waals surface area contributed by atoms with Gasteiger partial charge in [0.05, 0.1) is 0 Å². The smallest absolute Gasteiger partial charge is 0.195 e. The van der Waals surface area contributed by atoms with Crippen molar-refractivity contribution in [3.63, 3.8) is 0 Å². The number of carbonyl (C=O) groups is 1. The summed E-state index contributed by atoms with van der Waals surface area (Å²) in [7, 11) is 0. The topological polar surface area (TPSA) is 43.1 Å². The van der Waals surface area contributed by atoms with Crippen LogP contribution in [-0.4, -0.2) is 11.3 Å². The summed E-state index contributed by atoms with van der Waals surface area (Å²) in [6.07, 6.45) is 1.83. The summed E-state index contributed by atoms with van der Waals surface area (Å²) in [5.41, 5.74) is 2.82. The van der Waals surface area contributed by atoms with Crippen molar-refractivity contribution in [2.75, 3.05) is 0 Å². The van der Waals surface area contributed by atoms with Crippen LogP contribution in [0.5, 0.6) is 0 Å². The van der Waals surface area contributed by atoms with E-state index < -0.39 is 0 Å². The molecular weight excluding hydrogens is 262 g/mol. The summed E-state index contributed by atoms with van der Waals surface area (Å²) in [5.74, 6) is 1.35. The van der Waals surface area contributed by atoms with Gasteiger partial charge in [-0.2, -0.15) is 0 Å². The van der Waals surface area contributed by atoms with E-state index in [1.54, 1.807) is 0 Å². The molecule has 0 amide bonds. The number of hydrogen-bond donors (Lipinski definition) is 0. The van der Waals surface area contributed by atoms with E-state index in [4.69, 9.17) is 4.42 Å². The van der Waals surface area contributed by atoms with Crippen LogP contribution in [0.1, 0.15) is 12.3 Å². The third kappa shape index (κ3) is 2.92. The molecule has 1 heterocycles. The van der Waals surface area contributed by atoms with Gasteiger partial charge in [-0.05, 0) is 0 Å². The molecule has 3 nitrogen and oxygen atoms in total. The zero-order chi connectivity index (χ0) is 14.5. The van der Waals surface area contributed by atoms with Gasteiger partial charge in [0, 0.05) is 24.0 Å². The Morgan fingerprint density at radius 1 is 0.905 bits per heavy atom. The number of oxazole rings is 1. The van der Waals surface area contributed by atoms with Gasteiger partial charge >= 0.3 is 0 Å². The summed E-state index contributed by atoms with van der Waals surface area (Å²) >= 11 is 0. The molecule has 0 aliphatic rings. The van der Waals surface area contributed by atoms with Crippen molar-refractivity contribution < 1.29 is 9.21 Å². The lowest BCUT2D eigenvalue weighted by Crippen LogP contribution is -1.86. The Bertz CT molecular complexity index is 660. The fourth-order valence-corrected chi connectivity index (χ4v) is 2.23. The number of aryl methyl sites for hydroxylation is 1. The molecule has 0 radical (unpaired) electrons. The predicted octanol–water partition coefficient (Wildman–Crippen LogP) is 4.14. The summed E-state index contributed by atoms with van der Waals surface area (Å²) in [5, 5.41) is 0. The number of nitrogens with zero attached hydrogens (tertiary/aromatic N) is 1. The maximum absolute atomic E-state index is 10.5. The molecule has 3 heteroatoms. The van der Waals surface area contributed by atoms with Gasteiger partial charge in [0.25, 0.3) is 0 Å². The first-order valence-electron chi connectivity index (χ1n) is 6.92. The zero-order valence-electron chi connectivity index (χ0n) is 11.5. The molecule has 0 saturated heterocycles. The molecule has 0 unspecified atom stereocenters. The fraction of sp³-hybridized carbons (Fsp3) is 0.111. The molecular formula is C18H15NO2. The van der Waals surface area contributed by atoms with Crippen LogP contribution in [0.25, 0.3) is 22.6 Å². The summed E-state index contributed by atoms with van der Waals surface area (Å²) in [6.45, 7) is 0. The molecule has 0 fully saturated rings. The number of carbonyl (C=O) groups excluding carboxylic acids is 1. The van der Waals surface area contributed by atoms with Crippen molar-refractivity contribution in [3.8, 4) is 22.6 Å². The Labute approximate surface area is 123 Å². The molecule has 3 aromatic rings. The van der Waals surface area contributed by atoms with Crippen LogP contribution < -0.4 is 0 Å². The molecule has 0 bridgehead atoms. The van der Waals surface area contributed by atoms with Gasteiger partial charge in [0.15, 0.2) is 11.7 Å². The highest BCUT2D eigenvalue weighted by Crippen LogP contribution is 2.32.